The minimum atomic E-state index is -0.879. The number of carbonyl (C=O) groups is 2. The van der Waals surface area contributed by atoms with Crippen LogP contribution in [0.25, 0.3) is 5.76 Å². The number of benzene rings is 2. The minimum absolute atomic E-state index is 0.00147. The number of rotatable bonds is 5. The molecule has 0 bridgehead atoms. The van der Waals surface area contributed by atoms with Gasteiger partial charge in [-0.05, 0) is 62.2 Å². The molecule has 5 rings (SSSR count). The van der Waals surface area contributed by atoms with Crippen LogP contribution < -0.4 is 14.4 Å². The molecule has 2 atom stereocenters. The van der Waals surface area contributed by atoms with Crippen molar-refractivity contribution in [2.75, 3.05) is 11.5 Å². The third kappa shape index (κ3) is 3.71. The lowest BCUT2D eigenvalue weighted by Gasteiger charge is -2.23. The fraction of sp³-hybridized carbons (Fsp3) is 0.280. The molecular formula is C25H23N3O5S. The summed E-state index contributed by atoms with van der Waals surface area (Å²) >= 11 is 1.21. The summed E-state index contributed by atoms with van der Waals surface area (Å²) < 4.78 is 11.4. The molecule has 0 saturated carbocycles. The van der Waals surface area contributed by atoms with Crippen molar-refractivity contribution in [3.63, 3.8) is 0 Å². The van der Waals surface area contributed by atoms with Crippen molar-refractivity contribution >= 4 is 33.9 Å². The summed E-state index contributed by atoms with van der Waals surface area (Å²) in [7, 11) is 0. The van der Waals surface area contributed by atoms with Gasteiger partial charge in [0.1, 0.15) is 28.4 Å². The Hall–Kier alpha value is -3.72. The molecular weight excluding hydrogens is 454 g/mol. The second kappa shape index (κ2) is 8.57. The third-order valence-corrected chi connectivity index (χ3v) is 6.66. The highest BCUT2D eigenvalue weighted by Crippen LogP contribution is 2.44. The maximum Gasteiger partial charge on any atom is 0.301 e. The number of fused-ring (bicyclic) bond motifs is 1. The number of aliphatic hydroxyl groups excluding tert-OH is 1. The van der Waals surface area contributed by atoms with Crippen LogP contribution in [0, 0.1) is 6.92 Å². The molecule has 0 aliphatic carbocycles. The van der Waals surface area contributed by atoms with Crippen molar-refractivity contribution in [2.45, 2.75) is 39.3 Å². The Morgan fingerprint density at radius 1 is 1.24 bits per heavy atom. The van der Waals surface area contributed by atoms with Crippen LogP contribution in [0.1, 0.15) is 41.6 Å². The molecule has 9 heteroatoms. The van der Waals surface area contributed by atoms with Crippen LogP contribution in [0.4, 0.5) is 5.13 Å². The van der Waals surface area contributed by atoms with Gasteiger partial charge in [-0.1, -0.05) is 23.5 Å². The van der Waals surface area contributed by atoms with Gasteiger partial charge in [0.05, 0.1) is 18.2 Å². The number of aromatic nitrogens is 2. The molecule has 2 aliphatic rings. The molecule has 2 aliphatic heterocycles. The van der Waals surface area contributed by atoms with Crippen LogP contribution in [0.5, 0.6) is 11.5 Å². The standard InChI is InChI=1S/C25H23N3O5S/c1-4-32-18-7-5-6-15(12-18)21-20(23(30)24(31)28(21)25-27-26-14(3)34-25)22(29)16-8-9-19-17(11-16)10-13(2)33-19/h5-9,11-13,21,29H,4,10H2,1-3H3/b22-20+/t13-,21-/m1/s1. The zero-order chi connectivity index (χ0) is 24.0. The monoisotopic (exact) mass is 477 g/mol. The molecule has 0 radical (unpaired) electrons. The van der Waals surface area contributed by atoms with E-state index in [4.69, 9.17) is 9.47 Å². The summed E-state index contributed by atoms with van der Waals surface area (Å²) in [5.74, 6) is -0.418. The van der Waals surface area contributed by atoms with Crippen LogP contribution in [-0.2, 0) is 16.0 Å². The van der Waals surface area contributed by atoms with Gasteiger partial charge in [0, 0.05) is 12.0 Å². The molecule has 1 saturated heterocycles. The minimum Gasteiger partial charge on any atom is -0.507 e. The number of anilines is 1. The summed E-state index contributed by atoms with van der Waals surface area (Å²) in [5.41, 5.74) is 2.02. The van der Waals surface area contributed by atoms with Gasteiger partial charge < -0.3 is 14.6 Å². The first-order valence-electron chi connectivity index (χ1n) is 11.0. The van der Waals surface area contributed by atoms with Gasteiger partial charge in [0.15, 0.2) is 0 Å². The maximum absolute atomic E-state index is 13.3. The average molecular weight is 478 g/mol. The van der Waals surface area contributed by atoms with Crippen molar-refractivity contribution in [1.82, 2.24) is 10.2 Å². The van der Waals surface area contributed by atoms with E-state index in [-0.39, 0.29) is 17.4 Å². The second-order valence-corrected chi connectivity index (χ2v) is 9.39. The Bertz CT molecular complexity index is 1330. The molecule has 8 nitrogen and oxygen atoms in total. The van der Waals surface area contributed by atoms with E-state index in [0.29, 0.717) is 40.0 Å². The predicted octanol–water partition coefficient (Wildman–Crippen LogP) is 4.19. The first kappa shape index (κ1) is 22.1. The predicted molar refractivity (Wildman–Crippen MR) is 127 cm³/mol. The van der Waals surface area contributed by atoms with Crippen molar-refractivity contribution in [3.05, 3.63) is 69.7 Å². The van der Waals surface area contributed by atoms with Gasteiger partial charge in [-0.3, -0.25) is 14.5 Å². The lowest BCUT2D eigenvalue weighted by Crippen LogP contribution is -2.29. The Labute approximate surface area is 200 Å². The van der Waals surface area contributed by atoms with Crippen LogP contribution >= 0.6 is 11.3 Å². The Morgan fingerprint density at radius 3 is 2.79 bits per heavy atom. The van der Waals surface area contributed by atoms with Gasteiger partial charge in [0.25, 0.3) is 5.78 Å². The van der Waals surface area contributed by atoms with Crippen LogP contribution in [0.3, 0.4) is 0 Å². The normalized spacial score (nSPS) is 21.0. The maximum atomic E-state index is 13.3. The Morgan fingerprint density at radius 2 is 2.06 bits per heavy atom. The molecule has 174 valence electrons. The first-order chi connectivity index (χ1) is 16.4. The zero-order valence-corrected chi connectivity index (χ0v) is 19.8. The fourth-order valence-corrected chi connectivity index (χ4v) is 5.11. The average Bonchev–Trinajstić information content (AvgIpc) is 3.48. The van der Waals surface area contributed by atoms with Gasteiger partial charge in [-0.2, -0.15) is 0 Å². The van der Waals surface area contributed by atoms with Gasteiger partial charge in [-0.15, -0.1) is 10.2 Å². The molecule has 1 N–H and O–H groups in total. The molecule has 2 aromatic carbocycles. The van der Waals surface area contributed by atoms with E-state index in [1.54, 1.807) is 43.3 Å². The largest absolute Gasteiger partial charge is 0.507 e. The number of hydrogen-bond donors (Lipinski definition) is 1. The van der Waals surface area contributed by atoms with Gasteiger partial charge >= 0.3 is 5.91 Å². The van der Waals surface area contributed by atoms with E-state index in [1.165, 1.54) is 16.2 Å². The highest BCUT2D eigenvalue weighted by molar-refractivity contribution is 7.15. The van der Waals surface area contributed by atoms with Gasteiger partial charge in [-0.25, -0.2) is 0 Å². The highest BCUT2D eigenvalue weighted by atomic mass is 32.1. The van der Waals surface area contributed by atoms with Crippen molar-refractivity contribution in [1.29, 1.82) is 0 Å². The molecule has 3 heterocycles. The van der Waals surface area contributed by atoms with Crippen LogP contribution in [-0.4, -0.2) is 39.7 Å². The Balaban J connectivity index is 1.68. The highest BCUT2D eigenvalue weighted by Gasteiger charge is 2.48. The molecule has 0 unspecified atom stereocenters. The van der Waals surface area contributed by atoms with Crippen molar-refractivity contribution in [2.24, 2.45) is 0 Å². The molecule has 0 spiro atoms. The number of nitrogens with zero attached hydrogens (tertiary/aromatic N) is 3. The molecule has 1 amide bonds. The smallest absolute Gasteiger partial charge is 0.301 e. The quantitative estimate of drug-likeness (QED) is 0.334. The van der Waals surface area contributed by atoms with E-state index in [0.717, 1.165) is 11.3 Å². The summed E-state index contributed by atoms with van der Waals surface area (Å²) in [6.45, 7) is 6.09. The number of hydrogen-bond acceptors (Lipinski definition) is 8. The summed E-state index contributed by atoms with van der Waals surface area (Å²) in [4.78, 5) is 27.8. The van der Waals surface area contributed by atoms with Crippen LogP contribution in [0.15, 0.2) is 48.0 Å². The number of Topliss-reactive ketones (excluding diaryl/α,β-unsaturated/α-hetero) is 1. The topological polar surface area (TPSA) is 102 Å². The zero-order valence-electron chi connectivity index (χ0n) is 18.9. The summed E-state index contributed by atoms with van der Waals surface area (Å²) in [5, 5.41) is 20.4. The SMILES string of the molecule is CCOc1cccc([C@@H]2/C(=C(\O)c3ccc4c(c3)C[C@@H](C)O4)C(=O)C(=O)N2c2nnc(C)s2)c1. The summed E-state index contributed by atoms with van der Waals surface area (Å²) in [6.07, 6.45) is 0.745. The lowest BCUT2D eigenvalue weighted by atomic mass is 9.94. The fourth-order valence-electron chi connectivity index (χ4n) is 4.39. The Kier molecular flexibility index (Phi) is 5.57. The number of carbonyl (C=O) groups excluding carboxylic acids is 2. The third-order valence-electron chi connectivity index (χ3n) is 5.82. The number of ketones is 1. The molecule has 1 fully saturated rings. The number of aliphatic hydroxyl groups is 1. The van der Waals surface area contributed by atoms with E-state index < -0.39 is 17.7 Å². The first-order valence-corrected chi connectivity index (χ1v) is 11.8. The van der Waals surface area contributed by atoms with Crippen molar-refractivity contribution in [3.8, 4) is 11.5 Å². The summed E-state index contributed by atoms with van der Waals surface area (Å²) in [6, 6.07) is 11.6. The van der Waals surface area contributed by atoms with E-state index in [1.807, 2.05) is 19.9 Å². The van der Waals surface area contributed by atoms with E-state index >= 15 is 0 Å². The molecule has 3 aromatic rings. The molecule has 1 aromatic heterocycles. The molecule has 34 heavy (non-hydrogen) atoms. The van der Waals surface area contributed by atoms with Gasteiger partial charge in [0.2, 0.25) is 5.13 Å². The van der Waals surface area contributed by atoms with E-state index in [9.17, 15) is 14.7 Å². The number of ether oxygens (including phenoxy) is 2. The number of aryl methyl sites for hydroxylation is 1. The number of amides is 1. The lowest BCUT2D eigenvalue weighted by molar-refractivity contribution is -0.132. The van der Waals surface area contributed by atoms with E-state index in [2.05, 4.69) is 10.2 Å². The second-order valence-electron chi connectivity index (χ2n) is 8.23. The van der Waals surface area contributed by atoms with Crippen LogP contribution in [0.2, 0.25) is 0 Å². The van der Waals surface area contributed by atoms with Crippen molar-refractivity contribution < 1.29 is 24.2 Å².